The van der Waals surface area contributed by atoms with E-state index in [4.69, 9.17) is 5.73 Å². The molecule has 1 atom stereocenters. The van der Waals surface area contributed by atoms with E-state index in [-0.39, 0.29) is 25.4 Å². The van der Waals surface area contributed by atoms with E-state index in [1.54, 1.807) is 4.98 Å². The summed E-state index contributed by atoms with van der Waals surface area (Å²) in [5.74, 6) is -3.12. The van der Waals surface area contributed by atoms with E-state index in [0.29, 0.717) is 17.2 Å². The maximum atomic E-state index is 13.4. The predicted octanol–water partition coefficient (Wildman–Crippen LogP) is -0.587. The summed E-state index contributed by atoms with van der Waals surface area (Å²) in [5.41, 5.74) is 2.81. The lowest BCUT2D eigenvalue weighted by Crippen LogP contribution is -2.50. The number of nitrogens with two attached hydrogens (primary N) is 1. The van der Waals surface area contributed by atoms with Crippen molar-refractivity contribution < 1.29 is 23.6 Å². The quantitative estimate of drug-likeness (QED) is 0.280. The number of halogens is 1. The molecule has 0 aliphatic carbocycles. The van der Waals surface area contributed by atoms with Crippen LogP contribution in [0.5, 0.6) is 0 Å². The molecule has 1 aromatic rings. The Balaban J connectivity index is 2.59. The van der Waals surface area contributed by atoms with Gasteiger partial charge in [0.15, 0.2) is 0 Å². The van der Waals surface area contributed by atoms with Crippen LogP contribution < -0.4 is 27.6 Å². The number of hydrogen-bond acceptors (Lipinski definition) is 6. The molecular weight excluding hydrogens is 439 g/mol. The monoisotopic (exact) mass is 470 g/mol. The molecule has 5 N–H and O–H groups in total. The molecule has 4 amide bonds. The second kappa shape index (κ2) is 13.8. The van der Waals surface area contributed by atoms with Gasteiger partial charge in [0, 0.05) is 26.6 Å². The Morgan fingerprint density at radius 3 is 2.48 bits per heavy atom. The van der Waals surface area contributed by atoms with E-state index >= 15 is 0 Å². The topological polar surface area (TPSA) is 176 Å². The minimum atomic E-state index is -1.31. The van der Waals surface area contributed by atoms with E-state index in [0.717, 1.165) is 30.6 Å². The number of aromatic nitrogens is 2. The van der Waals surface area contributed by atoms with Gasteiger partial charge in [0.25, 0.3) is 5.56 Å². The molecular formula is C20H31FN6O6. The van der Waals surface area contributed by atoms with E-state index < -0.39 is 47.4 Å². The number of amides is 4. The summed E-state index contributed by atoms with van der Waals surface area (Å²) >= 11 is 0. The highest BCUT2D eigenvalue weighted by Gasteiger charge is 2.23. The van der Waals surface area contributed by atoms with Crippen LogP contribution in [0.1, 0.15) is 51.9 Å². The zero-order valence-electron chi connectivity index (χ0n) is 18.8. The van der Waals surface area contributed by atoms with Gasteiger partial charge < -0.3 is 21.3 Å². The first kappa shape index (κ1) is 27.5. The van der Waals surface area contributed by atoms with Crippen molar-refractivity contribution in [1.82, 2.24) is 25.1 Å². The zero-order valence-corrected chi connectivity index (χ0v) is 18.8. The fourth-order valence-electron chi connectivity index (χ4n) is 2.91. The van der Waals surface area contributed by atoms with Crippen LogP contribution in [0.3, 0.4) is 0 Å². The molecule has 12 nitrogen and oxygen atoms in total. The molecule has 0 aliphatic heterocycles. The average Bonchev–Trinajstić information content (AvgIpc) is 2.74. The maximum Gasteiger partial charge on any atom is 0.336 e. The van der Waals surface area contributed by atoms with Gasteiger partial charge in [0.05, 0.1) is 12.6 Å². The molecule has 184 valence electrons. The molecule has 1 rings (SSSR count). The van der Waals surface area contributed by atoms with Gasteiger partial charge in [-0.15, -0.1) is 0 Å². The van der Waals surface area contributed by atoms with Gasteiger partial charge in [-0.2, -0.15) is 4.39 Å². The first-order valence-electron chi connectivity index (χ1n) is 10.7. The second-order valence-corrected chi connectivity index (χ2v) is 7.56. The van der Waals surface area contributed by atoms with Gasteiger partial charge in [-0.3, -0.25) is 24.2 Å². The van der Waals surface area contributed by atoms with E-state index in [1.807, 2.05) is 0 Å². The average molecular weight is 471 g/mol. The molecule has 0 aliphatic rings. The Morgan fingerprint density at radius 1 is 1.18 bits per heavy atom. The second-order valence-electron chi connectivity index (χ2n) is 7.56. The Kier molecular flexibility index (Phi) is 11.5. The summed E-state index contributed by atoms with van der Waals surface area (Å²) in [4.78, 5) is 73.5. The van der Waals surface area contributed by atoms with Crippen molar-refractivity contribution in [1.29, 1.82) is 0 Å². The van der Waals surface area contributed by atoms with Crippen molar-refractivity contribution in [2.75, 3.05) is 20.1 Å². The Labute approximate surface area is 189 Å². The smallest absolute Gasteiger partial charge is 0.336 e. The number of nitrogens with one attached hydrogen (secondary N) is 3. The van der Waals surface area contributed by atoms with Crippen LogP contribution in [0.25, 0.3) is 0 Å². The molecule has 1 heterocycles. The molecule has 0 saturated heterocycles. The SMILES string of the molecule is CCCCCCCC(=O)NC(CC(N)=O)C(=O)NCCN(C)C(=O)n1cc(F)c(=O)[nH]c1=O. The Morgan fingerprint density at radius 2 is 1.85 bits per heavy atom. The largest absolute Gasteiger partial charge is 0.370 e. The van der Waals surface area contributed by atoms with Crippen LogP contribution in [-0.2, 0) is 14.4 Å². The number of unbranched alkanes of at least 4 members (excludes halogenated alkanes) is 4. The molecule has 1 unspecified atom stereocenters. The molecule has 0 fully saturated rings. The Hall–Kier alpha value is -3.51. The number of carbonyl (C=O) groups is 4. The van der Waals surface area contributed by atoms with Crippen LogP contribution in [0.2, 0.25) is 0 Å². The van der Waals surface area contributed by atoms with Crippen LogP contribution in [-0.4, -0.2) is 64.4 Å². The van der Waals surface area contributed by atoms with Gasteiger partial charge in [-0.05, 0) is 6.42 Å². The predicted molar refractivity (Wildman–Crippen MR) is 117 cm³/mol. The first-order valence-corrected chi connectivity index (χ1v) is 10.7. The standard InChI is InChI=1S/C20H31FN6O6/c1-3-4-5-6-7-8-16(29)24-14(11-15(22)28)18(31)23-9-10-26(2)20(33)27-12-13(21)17(30)25-19(27)32/h12,14H,3-11H2,1-2H3,(H2,22,28)(H,23,31)(H,24,29)(H,25,30,32). The zero-order chi connectivity index (χ0) is 25.0. The van der Waals surface area contributed by atoms with Crippen LogP contribution in [0, 0.1) is 5.82 Å². The number of nitrogens with zero attached hydrogens (tertiary/aromatic N) is 2. The molecule has 0 bridgehead atoms. The summed E-state index contributed by atoms with van der Waals surface area (Å²) in [6, 6.07) is -2.10. The lowest BCUT2D eigenvalue weighted by molar-refractivity contribution is -0.131. The van der Waals surface area contributed by atoms with E-state index in [2.05, 4.69) is 17.6 Å². The number of H-pyrrole nitrogens is 1. The maximum absolute atomic E-state index is 13.4. The fraction of sp³-hybridized carbons (Fsp3) is 0.600. The third-order valence-corrected chi connectivity index (χ3v) is 4.74. The van der Waals surface area contributed by atoms with Crippen LogP contribution in [0.15, 0.2) is 15.8 Å². The molecule has 0 aromatic carbocycles. The first-order chi connectivity index (χ1) is 15.6. The van der Waals surface area contributed by atoms with Crippen LogP contribution >= 0.6 is 0 Å². The number of likely N-dealkylation sites (N-methyl/N-ethyl adjacent to an activating group) is 1. The van der Waals surface area contributed by atoms with E-state index in [9.17, 15) is 33.2 Å². The van der Waals surface area contributed by atoms with Gasteiger partial charge in [-0.25, -0.2) is 14.2 Å². The minimum absolute atomic E-state index is 0.0908. The van der Waals surface area contributed by atoms with Gasteiger partial charge in [0.1, 0.15) is 6.04 Å². The van der Waals surface area contributed by atoms with E-state index in [1.165, 1.54) is 7.05 Å². The lowest BCUT2D eigenvalue weighted by Gasteiger charge is -2.20. The molecule has 0 radical (unpaired) electrons. The summed E-state index contributed by atoms with van der Waals surface area (Å²) in [5, 5.41) is 4.97. The minimum Gasteiger partial charge on any atom is -0.370 e. The van der Waals surface area contributed by atoms with Crippen molar-refractivity contribution in [2.24, 2.45) is 5.73 Å². The molecule has 13 heteroatoms. The number of hydrogen-bond donors (Lipinski definition) is 4. The summed E-state index contributed by atoms with van der Waals surface area (Å²) in [6.45, 7) is 1.90. The number of rotatable bonds is 13. The molecule has 0 spiro atoms. The van der Waals surface area contributed by atoms with Gasteiger partial charge in [0.2, 0.25) is 23.5 Å². The lowest BCUT2D eigenvalue weighted by atomic mass is 10.1. The highest BCUT2D eigenvalue weighted by atomic mass is 19.1. The van der Waals surface area contributed by atoms with Crippen molar-refractivity contribution in [3.05, 3.63) is 32.9 Å². The molecule has 33 heavy (non-hydrogen) atoms. The van der Waals surface area contributed by atoms with Gasteiger partial charge >= 0.3 is 11.7 Å². The van der Waals surface area contributed by atoms with Crippen LogP contribution in [0.4, 0.5) is 9.18 Å². The van der Waals surface area contributed by atoms with Crippen molar-refractivity contribution in [3.8, 4) is 0 Å². The molecule has 1 aromatic heterocycles. The highest BCUT2D eigenvalue weighted by molar-refractivity contribution is 5.91. The third-order valence-electron chi connectivity index (χ3n) is 4.74. The summed E-state index contributed by atoms with van der Waals surface area (Å²) in [6.07, 6.45) is 5.01. The van der Waals surface area contributed by atoms with Crippen molar-refractivity contribution >= 4 is 23.8 Å². The molecule has 0 saturated carbocycles. The fourth-order valence-corrected chi connectivity index (χ4v) is 2.91. The number of primary amides is 1. The third kappa shape index (κ3) is 9.66. The highest BCUT2D eigenvalue weighted by Crippen LogP contribution is 2.05. The van der Waals surface area contributed by atoms with Crippen molar-refractivity contribution in [2.45, 2.75) is 57.9 Å². The van der Waals surface area contributed by atoms with Gasteiger partial charge in [-0.1, -0.05) is 32.6 Å². The number of aromatic amines is 1. The summed E-state index contributed by atoms with van der Waals surface area (Å²) in [7, 11) is 1.30. The number of carbonyl (C=O) groups excluding carboxylic acids is 4. The van der Waals surface area contributed by atoms with Crippen molar-refractivity contribution in [3.63, 3.8) is 0 Å². The Bertz CT molecular complexity index is 959. The summed E-state index contributed by atoms with van der Waals surface area (Å²) < 4.78 is 13.8. The normalized spacial score (nSPS) is 11.5.